The minimum atomic E-state index is -4.52. The van der Waals surface area contributed by atoms with Crippen LogP contribution in [0.5, 0.6) is 5.75 Å². The molecule has 1 aromatic rings. The van der Waals surface area contributed by atoms with Crippen LogP contribution < -0.4 is 5.32 Å². The quantitative estimate of drug-likeness (QED) is 0.782. The fourth-order valence-corrected chi connectivity index (χ4v) is 2.34. The van der Waals surface area contributed by atoms with Crippen LogP contribution in [0.2, 0.25) is 0 Å². The first-order valence-electron chi connectivity index (χ1n) is 6.13. The highest BCUT2D eigenvalue weighted by atomic mass is 19.4. The Hall–Kier alpha value is -1.39. The Morgan fingerprint density at radius 3 is 2.39 bits per heavy atom. The molecule has 1 saturated carbocycles. The minimum absolute atomic E-state index is 0.240. The first-order valence-corrected chi connectivity index (χ1v) is 6.13. The van der Waals surface area contributed by atoms with E-state index < -0.39 is 17.5 Å². The molecule has 1 fully saturated rings. The zero-order valence-corrected chi connectivity index (χ0v) is 9.93. The number of hydrogen-bond acceptors (Lipinski definition) is 2. The molecule has 0 atom stereocenters. The zero-order valence-electron chi connectivity index (χ0n) is 9.93. The predicted octanol–water partition coefficient (Wildman–Crippen LogP) is 4.16. The molecule has 0 aliphatic heterocycles. The van der Waals surface area contributed by atoms with E-state index in [9.17, 15) is 18.3 Å². The molecule has 2 N–H and O–H groups in total. The van der Waals surface area contributed by atoms with Crippen molar-refractivity contribution in [2.75, 3.05) is 5.32 Å². The Morgan fingerprint density at radius 1 is 1.11 bits per heavy atom. The van der Waals surface area contributed by atoms with Crippen molar-refractivity contribution in [1.29, 1.82) is 0 Å². The molecule has 2 rings (SSSR count). The highest BCUT2D eigenvalue weighted by molar-refractivity contribution is 5.52. The third kappa shape index (κ3) is 3.09. The first-order chi connectivity index (χ1) is 8.47. The number of halogens is 3. The highest BCUT2D eigenvalue weighted by Gasteiger charge is 2.34. The number of aromatic hydroxyl groups is 1. The number of benzene rings is 1. The maximum Gasteiger partial charge on any atom is 0.420 e. The molecule has 1 aliphatic carbocycles. The van der Waals surface area contributed by atoms with Gasteiger partial charge in [0, 0.05) is 11.7 Å². The Labute approximate surface area is 104 Å². The van der Waals surface area contributed by atoms with E-state index in [0.29, 0.717) is 5.69 Å². The lowest BCUT2D eigenvalue weighted by Gasteiger charge is -2.24. The summed E-state index contributed by atoms with van der Waals surface area (Å²) in [6.07, 6.45) is 0.879. The van der Waals surface area contributed by atoms with E-state index in [2.05, 4.69) is 5.32 Å². The van der Waals surface area contributed by atoms with E-state index >= 15 is 0 Å². The summed E-state index contributed by atoms with van der Waals surface area (Å²) in [4.78, 5) is 0. The fourth-order valence-electron chi connectivity index (χ4n) is 2.34. The summed E-state index contributed by atoms with van der Waals surface area (Å²) in [5, 5.41) is 12.3. The molecule has 0 unspecified atom stereocenters. The molecular weight excluding hydrogens is 243 g/mol. The van der Waals surface area contributed by atoms with Crippen LogP contribution in [0.15, 0.2) is 18.2 Å². The van der Waals surface area contributed by atoms with Gasteiger partial charge in [-0.05, 0) is 31.0 Å². The SMILES string of the molecule is Oc1ccc(NC2CCCCC2)cc1C(F)(F)F. The molecule has 1 aromatic carbocycles. The third-order valence-corrected chi connectivity index (χ3v) is 3.28. The summed E-state index contributed by atoms with van der Waals surface area (Å²) in [5.74, 6) is -0.725. The average Bonchev–Trinajstić information content (AvgIpc) is 2.31. The van der Waals surface area contributed by atoms with E-state index in [1.807, 2.05) is 0 Å². The van der Waals surface area contributed by atoms with Gasteiger partial charge in [-0.15, -0.1) is 0 Å². The number of hydrogen-bond donors (Lipinski definition) is 2. The lowest BCUT2D eigenvalue weighted by atomic mass is 9.95. The topological polar surface area (TPSA) is 32.3 Å². The molecule has 0 saturated heterocycles. The Balaban J connectivity index is 2.14. The second-order valence-corrected chi connectivity index (χ2v) is 4.71. The van der Waals surface area contributed by atoms with Gasteiger partial charge in [0.2, 0.25) is 0 Å². The maximum absolute atomic E-state index is 12.6. The van der Waals surface area contributed by atoms with Crippen molar-refractivity contribution in [2.24, 2.45) is 0 Å². The first kappa shape index (κ1) is 13.1. The number of phenolic OH excluding ortho intramolecular Hbond substituents is 1. The lowest BCUT2D eigenvalue weighted by molar-refractivity contribution is -0.138. The molecule has 0 heterocycles. The number of nitrogens with one attached hydrogen (secondary N) is 1. The van der Waals surface area contributed by atoms with Gasteiger partial charge in [-0.3, -0.25) is 0 Å². The van der Waals surface area contributed by atoms with Crippen LogP contribution in [-0.4, -0.2) is 11.1 Å². The summed E-state index contributed by atoms with van der Waals surface area (Å²) in [6, 6.07) is 3.79. The van der Waals surface area contributed by atoms with Crippen LogP contribution >= 0.6 is 0 Å². The van der Waals surface area contributed by atoms with Crippen LogP contribution in [-0.2, 0) is 6.18 Å². The van der Waals surface area contributed by atoms with Crippen molar-refractivity contribution in [3.8, 4) is 5.75 Å². The van der Waals surface area contributed by atoms with E-state index in [0.717, 1.165) is 37.8 Å². The Morgan fingerprint density at radius 2 is 1.78 bits per heavy atom. The molecule has 100 valence electrons. The van der Waals surface area contributed by atoms with Gasteiger partial charge in [-0.1, -0.05) is 19.3 Å². The van der Waals surface area contributed by atoms with Crippen LogP contribution in [0, 0.1) is 0 Å². The van der Waals surface area contributed by atoms with Gasteiger partial charge in [0.05, 0.1) is 5.56 Å². The van der Waals surface area contributed by atoms with E-state index in [1.165, 1.54) is 12.5 Å². The van der Waals surface area contributed by atoms with Gasteiger partial charge >= 0.3 is 6.18 Å². The summed E-state index contributed by atoms with van der Waals surface area (Å²) < 4.78 is 37.9. The van der Waals surface area contributed by atoms with Crippen molar-refractivity contribution in [2.45, 2.75) is 44.3 Å². The van der Waals surface area contributed by atoms with E-state index in [4.69, 9.17) is 0 Å². The molecule has 5 heteroatoms. The number of anilines is 1. The van der Waals surface area contributed by atoms with Gasteiger partial charge in [-0.25, -0.2) is 0 Å². The van der Waals surface area contributed by atoms with Crippen LogP contribution in [0.3, 0.4) is 0 Å². The van der Waals surface area contributed by atoms with Crippen molar-refractivity contribution < 1.29 is 18.3 Å². The molecule has 0 radical (unpaired) electrons. The molecule has 18 heavy (non-hydrogen) atoms. The second-order valence-electron chi connectivity index (χ2n) is 4.71. The number of rotatable bonds is 2. The molecule has 0 amide bonds. The third-order valence-electron chi connectivity index (χ3n) is 3.28. The zero-order chi connectivity index (χ0) is 13.2. The molecule has 0 spiro atoms. The fraction of sp³-hybridized carbons (Fsp3) is 0.538. The normalized spacial score (nSPS) is 17.7. The number of alkyl halides is 3. The van der Waals surface area contributed by atoms with Gasteiger partial charge in [0.1, 0.15) is 5.75 Å². The van der Waals surface area contributed by atoms with Crippen molar-refractivity contribution >= 4 is 5.69 Å². The van der Waals surface area contributed by atoms with Crippen molar-refractivity contribution in [3.63, 3.8) is 0 Å². The summed E-state index contributed by atoms with van der Waals surface area (Å²) in [5.41, 5.74) is -0.560. The largest absolute Gasteiger partial charge is 0.507 e. The minimum Gasteiger partial charge on any atom is -0.507 e. The van der Waals surface area contributed by atoms with Crippen molar-refractivity contribution in [3.05, 3.63) is 23.8 Å². The molecular formula is C13H16F3NO. The standard InChI is InChI=1S/C13H16F3NO/c14-13(15,16)11-8-10(6-7-12(11)18)17-9-4-2-1-3-5-9/h6-9,17-18H,1-5H2. The summed E-state index contributed by atoms with van der Waals surface area (Å²) in [6.45, 7) is 0. The van der Waals surface area contributed by atoms with E-state index in [1.54, 1.807) is 0 Å². The van der Waals surface area contributed by atoms with E-state index in [-0.39, 0.29) is 6.04 Å². The smallest absolute Gasteiger partial charge is 0.420 e. The lowest BCUT2D eigenvalue weighted by Crippen LogP contribution is -2.22. The molecule has 2 nitrogen and oxygen atoms in total. The van der Waals surface area contributed by atoms with Gasteiger partial charge in [-0.2, -0.15) is 13.2 Å². The van der Waals surface area contributed by atoms with Crippen LogP contribution in [0.4, 0.5) is 18.9 Å². The predicted molar refractivity (Wildman–Crippen MR) is 63.6 cm³/mol. The van der Waals surface area contributed by atoms with Crippen LogP contribution in [0.25, 0.3) is 0 Å². The molecule has 1 aliphatic rings. The second kappa shape index (κ2) is 5.08. The maximum atomic E-state index is 12.6. The Kier molecular flexibility index (Phi) is 3.68. The van der Waals surface area contributed by atoms with Crippen molar-refractivity contribution in [1.82, 2.24) is 0 Å². The monoisotopic (exact) mass is 259 g/mol. The average molecular weight is 259 g/mol. The van der Waals surface area contributed by atoms with Gasteiger partial charge < -0.3 is 10.4 Å². The summed E-state index contributed by atoms with van der Waals surface area (Å²) >= 11 is 0. The molecule has 0 bridgehead atoms. The van der Waals surface area contributed by atoms with Gasteiger partial charge in [0.15, 0.2) is 0 Å². The van der Waals surface area contributed by atoms with Crippen LogP contribution in [0.1, 0.15) is 37.7 Å². The van der Waals surface area contributed by atoms with Gasteiger partial charge in [0.25, 0.3) is 0 Å². The number of phenols is 1. The highest BCUT2D eigenvalue weighted by Crippen LogP contribution is 2.37. The Bertz CT molecular complexity index is 411. The molecule has 0 aromatic heterocycles. The summed E-state index contributed by atoms with van der Waals surface area (Å²) in [7, 11) is 0.